The molecule has 0 amide bonds. The molecule has 3 heteroatoms. The van der Waals surface area contributed by atoms with E-state index in [1.54, 1.807) is 17.0 Å². The Morgan fingerprint density at radius 1 is 0.947 bits per heavy atom. The third kappa shape index (κ3) is 2.51. The van der Waals surface area contributed by atoms with E-state index < -0.39 is 5.92 Å². The van der Waals surface area contributed by atoms with Gasteiger partial charge in [-0.2, -0.15) is 8.78 Å². The lowest BCUT2D eigenvalue weighted by atomic mass is 9.96. The van der Waals surface area contributed by atoms with Crippen molar-refractivity contribution in [3.05, 3.63) is 71.3 Å². The van der Waals surface area contributed by atoms with Gasteiger partial charge < -0.3 is 0 Å². The van der Waals surface area contributed by atoms with Gasteiger partial charge in [0.2, 0.25) is 0 Å². The van der Waals surface area contributed by atoms with E-state index in [1.807, 2.05) is 36.4 Å². The highest BCUT2D eigenvalue weighted by Gasteiger charge is 2.39. The van der Waals surface area contributed by atoms with Crippen molar-refractivity contribution >= 4 is 0 Å². The molecule has 3 rings (SSSR count). The molecule has 1 heterocycles. The normalized spacial score (nSPS) is 18.0. The third-order valence-corrected chi connectivity index (χ3v) is 3.48. The molecule has 0 atom stereocenters. The van der Waals surface area contributed by atoms with E-state index in [1.165, 1.54) is 6.07 Å². The van der Waals surface area contributed by atoms with Gasteiger partial charge in [-0.1, -0.05) is 54.6 Å². The molecule has 0 aliphatic carbocycles. The summed E-state index contributed by atoms with van der Waals surface area (Å²) in [5.41, 5.74) is 1.98. The molecule has 98 valence electrons. The Bertz CT molecular complexity index is 566. The Morgan fingerprint density at radius 3 is 2.42 bits per heavy atom. The van der Waals surface area contributed by atoms with Crippen molar-refractivity contribution < 1.29 is 8.78 Å². The molecule has 0 saturated carbocycles. The maximum Gasteiger partial charge on any atom is 0.285 e. The van der Waals surface area contributed by atoms with Gasteiger partial charge >= 0.3 is 0 Å². The van der Waals surface area contributed by atoms with Gasteiger partial charge in [-0.05, 0) is 11.1 Å². The highest BCUT2D eigenvalue weighted by Crippen LogP contribution is 2.36. The summed E-state index contributed by atoms with van der Waals surface area (Å²) in [6.07, 6.45) is 0. The Labute approximate surface area is 111 Å². The maximum absolute atomic E-state index is 14.1. The molecule has 0 fully saturated rings. The van der Waals surface area contributed by atoms with Gasteiger partial charge in [0.25, 0.3) is 5.92 Å². The number of halogens is 2. The number of hydrogen-bond acceptors (Lipinski definition) is 1. The molecule has 2 aromatic carbocycles. The van der Waals surface area contributed by atoms with E-state index in [0.717, 1.165) is 11.1 Å². The molecule has 0 unspecified atom stereocenters. The average Bonchev–Trinajstić information content (AvgIpc) is 2.39. The molecule has 19 heavy (non-hydrogen) atoms. The van der Waals surface area contributed by atoms with Gasteiger partial charge in [-0.25, -0.2) is 0 Å². The lowest BCUT2D eigenvalue weighted by molar-refractivity contribution is -0.0545. The van der Waals surface area contributed by atoms with E-state index in [4.69, 9.17) is 0 Å². The SMILES string of the molecule is FC1(F)CN(Cc2ccccc2)Cc2ccccc21. The van der Waals surface area contributed by atoms with Crippen molar-refractivity contribution in [2.45, 2.75) is 19.0 Å². The molecule has 0 spiro atoms. The Kier molecular flexibility index (Phi) is 3.07. The molecular formula is C16H15F2N. The van der Waals surface area contributed by atoms with Crippen molar-refractivity contribution in [3.63, 3.8) is 0 Å². The lowest BCUT2D eigenvalue weighted by Gasteiger charge is -2.34. The van der Waals surface area contributed by atoms with Crippen LogP contribution in [0.2, 0.25) is 0 Å². The molecule has 1 aliphatic heterocycles. The van der Waals surface area contributed by atoms with Gasteiger partial charge in [0, 0.05) is 18.7 Å². The first-order chi connectivity index (χ1) is 9.15. The van der Waals surface area contributed by atoms with Crippen LogP contribution in [0, 0.1) is 0 Å². The molecule has 1 nitrogen and oxygen atoms in total. The number of nitrogens with zero attached hydrogens (tertiary/aromatic N) is 1. The van der Waals surface area contributed by atoms with Crippen LogP contribution in [0.3, 0.4) is 0 Å². The summed E-state index contributed by atoms with van der Waals surface area (Å²) in [5.74, 6) is -2.76. The van der Waals surface area contributed by atoms with Crippen LogP contribution in [-0.4, -0.2) is 11.4 Å². The second kappa shape index (κ2) is 4.74. The average molecular weight is 259 g/mol. The smallest absolute Gasteiger partial charge is 0.285 e. The van der Waals surface area contributed by atoms with Gasteiger partial charge in [-0.3, -0.25) is 4.90 Å². The second-order valence-electron chi connectivity index (χ2n) is 4.99. The largest absolute Gasteiger partial charge is 0.289 e. The number of fused-ring (bicyclic) bond motifs is 1. The quantitative estimate of drug-likeness (QED) is 0.793. The summed E-state index contributed by atoms with van der Waals surface area (Å²) in [5, 5.41) is 0. The van der Waals surface area contributed by atoms with Gasteiger partial charge in [0.1, 0.15) is 0 Å². The monoisotopic (exact) mass is 259 g/mol. The zero-order chi connectivity index (χ0) is 13.3. The Hall–Kier alpha value is -1.74. The van der Waals surface area contributed by atoms with Crippen LogP contribution in [0.4, 0.5) is 8.78 Å². The standard InChI is InChI=1S/C16H15F2N/c17-16(18)12-19(10-13-6-2-1-3-7-13)11-14-8-4-5-9-15(14)16/h1-9H,10-12H2. The van der Waals surface area contributed by atoms with Crippen LogP contribution in [0.1, 0.15) is 16.7 Å². The summed E-state index contributed by atoms with van der Waals surface area (Å²) in [7, 11) is 0. The van der Waals surface area contributed by atoms with Gasteiger partial charge in [0.15, 0.2) is 0 Å². The number of alkyl halides is 2. The minimum absolute atomic E-state index is 0.180. The van der Waals surface area contributed by atoms with E-state index in [9.17, 15) is 8.78 Å². The van der Waals surface area contributed by atoms with Crippen LogP contribution in [0.25, 0.3) is 0 Å². The molecule has 0 aromatic heterocycles. The van der Waals surface area contributed by atoms with Crippen molar-refractivity contribution in [1.82, 2.24) is 4.90 Å². The summed E-state index contributed by atoms with van der Waals surface area (Å²) >= 11 is 0. The molecular weight excluding hydrogens is 244 g/mol. The molecule has 0 N–H and O–H groups in total. The number of hydrogen-bond donors (Lipinski definition) is 0. The fourth-order valence-corrected chi connectivity index (χ4v) is 2.63. The summed E-state index contributed by atoms with van der Waals surface area (Å²) in [6.45, 7) is 0.935. The molecule has 0 radical (unpaired) electrons. The first kappa shape index (κ1) is 12.3. The third-order valence-electron chi connectivity index (χ3n) is 3.48. The van der Waals surface area contributed by atoms with Crippen LogP contribution >= 0.6 is 0 Å². The highest BCUT2D eigenvalue weighted by molar-refractivity contribution is 5.33. The number of rotatable bonds is 2. The predicted molar refractivity (Wildman–Crippen MR) is 70.9 cm³/mol. The summed E-state index contributed by atoms with van der Waals surface area (Å²) in [4.78, 5) is 1.80. The van der Waals surface area contributed by atoms with Crippen LogP contribution < -0.4 is 0 Å². The predicted octanol–water partition coefficient (Wildman–Crippen LogP) is 3.79. The van der Waals surface area contributed by atoms with Gasteiger partial charge in [0.05, 0.1) is 6.54 Å². The maximum atomic E-state index is 14.1. The van der Waals surface area contributed by atoms with Crippen LogP contribution in [0.15, 0.2) is 54.6 Å². The minimum atomic E-state index is -2.76. The van der Waals surface area contributed by atoms with Crippen molar-refractivity contribution in [2.24, 2.45) is 0 Å². The fourth-order valence-electron chi connectivity index (χ4n) is 2.63. The zero-order valence-corrected chi connectivity index (χ0v) is 10.5. The van der Waals surface area contributed by atoms with Crippen molar-refractivity contribution in [3.8, 4) is 0 Å². The number of benzene rings is 2. The zero-order valence-electron chi connectivity index (χ0n) is 10.5. The van der Waals surface area contributed by atoms with E-state index in [2.05, 4.69) is 0 Å². The summed E-state index contributed by atoms with van der Waals surface area (Å²) in [6, 6.07) is 16.6. The van der Waals surface area contributed by atoms with Crippen LogP contribution in [-0.2, 0) is 19.0 Å². The van der Waals surface area contributed by atoms with Crippen molar-refractivity contribution in [2.75, 3.05) is 6.54 Å². The minimum Gasteiger partial charge on any atom is -0.289 e. The molecule has 0 saturated heterocycles. The van der Waals surface area contributed by atoms with E-state index in [-0.39, 0.29) is 12.1 Å². The highest BCUT2D eigenvalue weighted by atomic mass is 19.3. The summed E-state index contributed by atoms with van der Waals surface area (Å²) < 4.78 is 28.2. The first-order valence-corrected chi connectivity index (χ1v) is 6.38. The topological polar surface area (TPSA) is 3.24 Å². The van der Waals surface area contributed by atoms with Crippen LogP contribution in [0.5, 0.6) is 0 Å². The molecule has 0 bridgehead atoms. The molecule has 2 aromatic rings. The Balaban J connectivity index is 1.84. The first-order valence-electron chi connectivity index (χ1n) is 6.38. The van der Waals surface area contributed by atoms with Gasteiger partial charge in [-0.15, -0.1) is 0 Å². The second-order valence-corrected chi connectivity index (χ2v) is 4.99. The lowest BCUT2D eigenvalue weighted by Crippen LogP contribution is -2.40. The van der Waals surface area contributed by atoms with E-state index in [0.29, 0.717) is 13.1 Å². The van der Waals surface area contributed by atoms with E-state index >= 15 is 0 Å². The fraction of sp³-hybridized carbons (Fsp3) is 0.250. The van der Waals surface area contributed by atoms with Crippen molar-refractivity contribution in [1.29, 1.82) is 0 Å². The Morgan fingerprint density at radius 2 is 1.63 bits per heavy atom. The molecule has 1 aliphatic rings.